The van der Waals surface area contributed by atoms with Crippen LogP contribution in [0.4, 0.5) is 5.69 Å². The van der Waals surface area contributed by atoms with Gasteiger partial charge in [-0.15, -0.1) is 0 Å². The average molecular weight is 389 g/mol. The highest BCUT2D eigenvalue weighted by molar-refractivity contribution is 5.85. The summed E-state index contributed by atoms with van der Waals surface area (Å²) >= 11 is 0. The Morgan fingerprint density at radius 3 is 2.38 bits per heavy atom. The number of carbonyl (C=O) groups is 1. The summed E-state index contributed by atoms with van der Waals surface area (Å²) in [6.45, 7) is 0.253. The smallest absolute Gasteiger partial charge is 0.269 e. The Morgan fingerprint density at radius 2 is 1.66 bits per heavy atom. The molecule has 0 saturated carbocycles. The molecule has 1 amide bonds. The molecule has 146 valence electrons. The monoisotopic (exact) mass is 389 g/mol. The van der Waals surface area contributed by atoms with Gasteiger partial charge in [0.05, 0.1) is 17.6 Å². The van der Waals surface area contributed by atoms with E-state index in [-0.39, 0.29) is 24.6 Å². The Labute approximate surface area is 167 Å². The molecule has 7 heteroatoms. The molecule has 0 unspecified atom stereocenters. The largest absolute Gasteiger partial charge is 0.488 e. The third kappa shape index (κ3) is 6.00. The molecule has 0 aliphatic heterocycles. The van der Waals surface area contributed by atoms with Gasteiger partial charge in [-0.3, -0.25) is 14.9 Å². The summed E-state index contributed by atoms with van der Waals surface area (Å²) in [6.07, 6.45) is 1.77. The number of non-ortho nitro benzene ring substituents is 1. The fourth-order valence-electron chi connectivity index (χ4n) is 2.59. The summed E-state index contributed by atoms with van der Waals surface area (Å²) in [4.78, 5) is 22.2. The highest BCUT2D eigenvalue weighted by Gasteiger charge is 2.06. The highest BCUT2D eigenvalue weighted by atomic mass is 16.6. The van der Waals surface area contributed by atoms with Crippen molar-refractivity contribution >= 4 is 17.8 Å². The van der Waals surface area contributed by atoms with Gasteiger partial charge in [0.1, 0.15) is 12.4 Å². The molecule has 29 heavy (non-hydrogen) atoms. The molecule has 3 aromatic rings. The van der Waals surface area contributed by atoms with Gasteiger partial charge in [-0.05, 0) is 35.4 Å². The summed E-state index contributed by atoms with van der Waals surface area (Å²) in [5.74, 6) is 0.378. The number of nitrogens with zero attached hydrogens (tertiary/aromatic N) is 2. The van der Waals surface area contributed by atoms with E-state index in [1.165, 1.54) is 18.3 Å². The lowest BCUT2D eigenvalue weighted by molar-refractivity contribution is -0.384. The van der Waals surface area contributed by atoms with Crippen molar-refractivity contribution in [3.63, 3.8) is 0 Å². The number of amides is 1. The zero-order valence-electron chi connectivity index (χ0n) is 15.5. The Morgan fingerprint density at radius 1 is 0.966 bits per heavy atom. The standard InChI is InChI=1S/C22H19N3O4/c26-22(14-17-6-2-1-3-7-17)24-23-15-19-8-4-5-9-21(19)29-16-18-10-12-20(13-11-18)25(27)28/h1-13,15H,14,16H2,(H,24,26)/b23-15+. The van der Waals surface area contributed by atoms with Gasteiger partial charge >= 0.3 is 0 Å². The van der Waals surface area contributed by atoms with Crippen molar-refractivity contribution in [1.82, 2.24) is 5.43 Å². The molecule has 1 N–H and O–H groups in total. The van der Waals surface area contributed by atoms with Gasteiger partial charge in [0.2, 0.25) is 5.91 Å². The normalized spacial score (nSPS) is 10.6. The number of hydrogen-bond donors (Lipinski definition) is 1. The molecule has 7 nitrogen and oxygen atoms in total. The van der Waals surface area contributed by atoms with Gasteiger partial charge in [0, 0.05) is 17.7 Å². The van der Waals surface area contributed by atoms with Gasteiger partial charge in [-0.2, -0.15) is 5.10 Å². The Hall–Kier alpha value is -4.00. The molecular weight excluding hydrogens is 370 g/mol. The van der Waals surface area contributed by atoms with Crippen LogP contribution in [-0.2, 0) is 17.8 Å². The number of para-hydroxylation sites is 1. The molecule has 0 fully saturated rings. The number of hydrazone groups is 1. The second kappa shape index (κ2) is 9.80. The zero-order chi connectivity index (χ0) is 20.5. The minimum absolute atomic E-state index is 0.0347. The molecule has 0 saturated heterocycles. The summed E-state index contributed by atoms with van der Waals surface area (Å²) in [5, 5.41) is 14.7. The minimum Gasteiger partial charge on any atom is -0.488 e. The van der Waals surface area contributed by atoms with Gasteiger partial charge in [0.15, 0.2) is 0 Å². The van der Waals surface area contributed by atoms with Crippen molar-refractivity contribution in [3.8, 4) is 5.75 Å². The predicted molar refractivity (Wildman–Crippen MR) is 110 cm³/mol. The van der Waals surface area contributed by atoms with E-state index in [9.17, 15) is 14.9 Å². The van der Waals surface area contributed by atoms with E-state index in [1.807, 2.05) is 48.5 Å². The average Bonchev–Trinajstić information content (AvgIpc) is 2.74. The SMILES string of the molecule is O=C(Cc1ccccc1)N/N=C/c1ccccc1OCc1ccc([N+](=O)[O-])cc1. The fraction of sp³-hybridized carbons (Fsp3) is 0.0909. The van der Waals surface area contributed by atoms with E-state index in [1.54, 1.807) is 18.2 Å². The second-order valence-electron chi connectivity index (χ2n) is 6.21. The summed E-state index contributed by atoms with van der Waals surface area (Å²) < 4.78 is 5.80. The highest BCUT2D eigenvalue weighted by Crippen LogP contribution is 2.19. The van der Waals surface area contributed by atoms with Crippen LogP contribution in [0.15, 0.2) is 84.0 Å². The van der Waals surface area contributed by atoms with Crippen LogP contribution in [0, 0.1) is 10.1 Å². The van der Waals surface area contributed by atoms with Gasteiger partial charge < -0.3 is 4.74 Å². The molecule has 0 radical (unpaired) electrons. The number of nitro groups is 1. The Balaban J connectivity index is 1.57. The van der Waals surface area contributed by atoms with Crippen LogP contribution in [0.1, 0.15) is 16.7 Å². The van der Waals surface area contributed by atoms with Gasteiger partial charge in [-0.1, -0.05) is 42.5 Å². The van der Waals surface area contributed by atoms with E-state index in [2.05, 4.69) is 10.5 Å². The van der Waals surface area contributed by atoms with Crippen LogP contribution in [0.25, 0.3) is 0 Å². The van der Waals surface area contributed by atoms with Crippen molar-refractivity contribution in [2.24, 2.45) is 5.10 Å². The lowest BCUT2D eigenvalue weighted by atomic mass is 10.1. The first-order valence-corrected chi connectivity index (χ1v) is 8.93. The van der Waals surface area contributed by atoms with Crippen LogP contribution in [0.5, 0.6) is 5.75 Å². The van der Waals surface area contributed by atoms with Crippen molar-refractivity contribution < 1.29 is 14.5 Å². The number of nitrogens with one attached hydrogen (secondary N) is 1. The molecule has 3 aromatic carbocycles. The molecule has 0 heterocycles. The zero-order valence-corrected chi connectivity index (χ0v) is 15.5. The van der Waals surface area contributed by atoms with Crippen LogP contribution in [-0.4, -0.2) is 17.0 Å². The number of hydrogen-bond acceptors (Lipinski definition) is 5. The molecule has 0 bridgehead atoms. The van der Waals surface area contributed by atoms with Gasteiger partial charge in [0.25, 0.3) is 5.69 Å². The number of ether oxygens (including phenoxy) is 1. The lowest BCUT2D eigenvalue weighted by Crippen LogP contribution is -2.19. The maximum absolute atomic E-state index is 12.0. The number of nitro benzene ring substituents is 1. The van der Waals surface area contributed by atoms with Crippen molar-refractivity contribution in [3.05, 3.63) is 106 Å². The summed E-state index contributed by atoms with van der Waals surface area (Å²) in [7, 11) is 0. The topological polar surface area (TPSA) is 93.8 Å². The number of rotatable bonds is 8. The first-order chi connectivity index (χ1) is 14.1. The van der Waals surface area contributed by atoms with Crippen molar-refractivity contribution in [1.29, 1.82) is 0 Å². The first-order valence-electron chi connectivity index (χ1n) is 8.93. The van der Waals surface area contributed by atoms with E-state index in [0.717, 1.165) is 11.1 Å². The van der Waals surface area contributed by atoms with Crippen LogP contribution >= 0.6 is 0 Å². The van der Waals surface area contributed by atoms with E-state index < -0.39 is 4.92 Å². The fourth-order valence-corrected chi connectivity index (χ4v) is 2.59. The molecule has 0 aliphatic rings. The van der Waals surface area contributed by atoms with Crippen molar-refractivity contribution in [2.75, 3.05) is 0 Å². The van der Waals surface area contributed by atoms with E-state index in [4.69, 9.17) is 4.74 Å². The molecule has 0 aromatic heterocycles. The van der Waals surface area contributed by atoms with E-state index in [0.29, 0.717) is 11.3 Å². The van der Waals surface area contributed by atoms with Crippen LogP contribution in [0.3, 0.4) is 0 Å². The molecule has 0 atom stereocenters. The van der Waals surface area contributed by atoms with Gasteiger partial charge in [-0.25, -0.2) is 5.43 Å². The number of carbonyl (C=O) groups excluding carboxylic acids is 1. The maximum Gasteiger partial charge on any atom is 0.269 e. The maximum atomic E-state index is 12.0. The molecule has 3 rings (SSSR count). The van der Waals surface area contributed by atoms with E-state index >= 15 is 0 Å². The molecule has 0 spiro atoms. The predicted octanol–water partition coefficient (Wildman–Crippen LogP) is 3.87. The summed E-state index contributed by atoms with van der Waals surface area (Å²) in [5.41, 5.74) is 4.96. The molecular formula is C22H19N3O4. The number of benzene rings is 3. The second-order valence-corrected chi connectivity index (χ2v) is 6.21. The molecule has 0 aliphatic carbocycles. The first kappa shape index (κ1) is 19.8. The minimum atomic E-state index is -0.442. The quantitative estimate of drug-likeness (QED) is 0.359. The van der Waals surface area contributed by atoms with Crippen LogP contribution in [0.2, 0.25) is 0 Å². The Bertz CT molecular complexity index is 1000. The summed E-state index contributed by atoms with van der Waals surface area (Å²) in [6, 6.07) is 22.9. The lowest BCUT2D eigenvalue weighted by Gasteiger charge is -2.09. The van der Waals surface area contributed by atoms with Crippen LogP contribution < -0.4 is 10.2 Å². The third-order valence-electron chi connectivity index (χ3n) is 4.06. The van der Waals surface area contributed by atoms with Crippen molar-refractivity contribution in [2.45, 2.75) is 13.0 Å². The Kier molecular flexibility index (Phi) is 6.67. The third-order valence-corrected chi connectivity index (χ3v) is 4.06.